The first kappa shape index (κ1) is 6.11. The summed E-state index contributed by atoms with van der Waals surface area (Å²) in [6, 6.07) is 0. The summed E-state index contributed by atoms with van der Waals surface area (Å²) in [7, 11) is 0. The van der Waals surface area contributed by atoms with Crippen LogP contribution in [0.25, 0.3) is 0 Å². The molecule has 0 aromatic heterocycles. The van der Waals surface area contributed by atoms with Crippen molar-refractivity contribution in [3.05, 3.63) is 0 Å². The van der Waals surface area contributed by atoms with Crippen molar-refractivity contribution in [3.63, 3.8) is 0 Å². The third-order valence-corrected chi connectivity index (χ3v) is 0.935. The number of carbonyl (C=O) groups excluding carboxylic acids is 1. The third-order valence-electron chi connectivity index (χ3n) is 0.310. The van der Waals surface area contributed by atoms with Crippen molar-refractivity contribution >= 4 is 21.7 Å². The Balaban J connectivity index is 2.99. The van der Waals surface area contributed by atoms with Crippen molar-refractivity contribution in [3.8, 4) is 0 Å². The lowest BCUT2D eigenvalue weighted by Gasteiger charge is -1.77. The Morgan fingerprint density at radius 2 is 2.17 bits per heavy atom. The molecule has 35 valence electrons. The van der Waals surface area contributed by atoms with Gasteiger partial charge in [0.05, 0.1) is 5.33 Å². The lowest BCUT2D eigenvalue weighted by Crippen LogP contribution is -2.01. The molecule has 0 aromatic rings. The second-order valence-electron chi connectivity index (χ2n) is 0.817. The van der Waals surface area contributed by atoms with Crippen LogP contribution in [0.15, 0.2) is 0 Å². The molecule has 0 fully saturated rings. The Hall–Kier alpha value is 0.110. The van der Waals surface area contributed by atoms with Crippen molar-refractivity contribution in [1.29, 1.82) is 0 Å². The molecule has 0 saturated carbocycles. The third kappa shape index (κ3) is 2.35. The molecule has 0 spiro atoms. The van der Waals surface area contributed by atoms with Crippen molar-refractivity contribution in [2.75, 3.05) is 11.9 Å². The van der Waals surface area contributed by atoms with Gasteiger partial charge in [0.15, 0.2) is 5.78 Å². The highest BCUT2D eigenvalue weighted by Crippen LogP contribution is 1.78. The summed E-state index contributed by atoms with van der Waals surface area (Å²) in [5.74, 6) is -0.296. The molecule has 0 aliphatic heterocycles. The number of rotatable bonds is 2. The van der Waals surface area contributed by atoms with E-state index in [2.05, 4.69) is 15.9 Å². The Morgan fingerprint density at radius 1 is 1.67 bits per heavy atom. The molecule has 0 atom stereocenters. The molecule has 3 heteroatoms. The zero-order valence-corrected chi connectivity index (χ0v) is 4.69. The van der Waals surface area contributed by atoms with E-state index in [1.807, 2.05) is 0 Å². The molecule has 0 aromatic carbocycles. The highest BCUT2D eigenvalue weighted by atomic mass is 79.9. The minimum absolute atomic E-state index is 0.191. The maximum Gasteiger partial charge on any atom is 0.172 e. The molecule has 0 unspecified atom stereocenters. The number of ketones is 1. The van der Waals surface area contributed by atoms with Crippen molar-refractivity contribution in [1.82, 2.24) is 0 Å². The average molecular weight is 152 g/mol. The summed E-state index contributed by atoms with van der Waals surface area (Å²) in [6.45, 7) is -0.606. The highest BCUT2D eigenvalue weighted by molar-refractivity contribution is 9.09. The Kier molecular flexibility index (Phi) is 3.37. The van der Waals surface area contributed by atoms with E-state index in [1.54, 1.807) is 0 Å². The average Bonchev–Trinajstić information content (AvgIpc) is 1.65. The Bertz CT molecular complexity index is 46.8. The smallest absolute Gasteiger partial charge is 0.172 e. The summed E-state index contributed by atoms with van der Waals surface area (Å²) in [5, 5.41) is 9.67. The summed E-state index contributed by atoms with van der Waals surface area (Å²) in [4.78, 5) is 9.82. The fourth-order valence-corrected chi connectivity index (χ4v) is 0.200. The first-order valence-corrected chi connectivity index (χ1v) is 2.59. The molecule has 0 saturated heterocycles. The number of carbonyl (C=O) groups is 1. The van der Waals surface area contributed by atoms with Gasteiger partial charge < -0.3 is 0 Å². The largest absolute Gasteiger partial charge is 0.296 e. The first-order valence-electron chi connectivity index (χ1n) is 1.47. The second kappa shape index (κ2) is 3.31. The molecular formula is C3H4BrO2. The predicted octanol–water partition coefficient (Wildman–Crippen LogP) is 0.381. The van der Waals surface area contributed by atoms with Gasteiger partial charge in [-0.15, -0.1) is 0 Å². The van der Waals surface area contributed by atoms with Crippen molar-refractivity contribution in [2.45, 2.75) is 0 Å². The predicted molar refractivity (Wildman–Crippen MR) is 24.4 cm³/mol. The van der Waals surface area contributed by atoms with Gasteiger partial charge in [-0.3, -0.25) is 4.79 Å². The summed E-state index contributed by atoms with van der Waals surface area (Å²) >= 11 is 2.83. The SMILES string of the molecule is [O]CC(=O)CBr. The molecule has 1 radical (unpaired) electrons. The minimum atomic E-state index is -0.606. The number of alkyl halides is 1. The van der Waals surface area contributed by atoms with Gasteiger partial charge >= 0.3 is 0 Å². The van der Waals surface area contributed by atoms with Crippen molar-refractivity contribution < 1.29 is 9.90 Å². The lowest BCUT2D eigenvalue weighted by molar-refractivity contribution is -0.120. The van der Waals surface area contributed by atoms with E-state index in [4.69, 9.17) is 0 Å². The van der Waals surface area contributed by atoms with Crippen LogP contribution in [0.1, 0.15) is 0 Å². The minimum Gasteiger partial charge on any atom is -0.296 e. The van der Waals surface area contributed by atoms with E-state index < -0.39 is 6.61 Å². The molecule has 0 bridgehead atoms. The van der Waals surface area contributed by atoms with Crippen LogP contribution in [0.2, 0.25) is 0 Å². The summed E-state index contributed by atoms with van der Waals surface area (Å²) < 4.78 is 0. The van der Waals surface area contributed by atoms with Crippen LogP contribution in [-0.2, 0) is 9.90 Å². The quantitative estimate of drug-likeness (QED) is 0.527. The first-order chi connectivity index (χ1) is 2.81. The van der Waals surface area contributed by atoms with Gasteiger partial charge in [-0.25, -0.2) is 5.11 Å². The molecule has 6 heavy (non-hydrogen) atoms. The Morgan fingerprint density at radius 3 is 2.17 bits per heavy atom. The zero-order valence-electron chi connectivity index (χ0n) is 3.11. The fraction of sp³-hybridized carbons (Fsp3) is 0.667. The normalized spacial score (nSPS) is 8.33. The van der Waals surface area contributed by atoms with Gasteiger partial charge in [-0.1, -0.05) is 15.9 Å². The van der Waals surface area contributed by atoms with E-state index >= 15 is 0 Å². The van der Waals surface area contributed by atoms with Crippen LogP contribution in [0, 0.1) is 0 Å². The molecule has 2 nitrogen and oxygen atoms in total. The van der Waals surface area contributed by atoms with Crippen LogP contribution in [0.3, 0.4) is 0 Å². The molecule has 0 rings (SSSR count). The van der Waals surface area contributed by atoms with Crippen LogP contribution in [0.5, 0.6) is 0 Å². The molecule has 0 N–H and O–H groups in total. The Labute approximate surface area is 44.3 Å². The standard InChI is InChI=1S/C3H4BrO2/c4-1-3(6)2-5/h1-2H2. The van der Waals surface area contributed by atoms with Crippen LogP contribution < -0.4 is 0 Å². The molecule has 0 amide bonds. The maximum atomic E-state index is 9.82. The second-order valence-corrected chi connectivity index (χ2v) is 1.38. The van der Waals surface area contributed by atoms with Gasteiger partial charge in [-0.2, -0.15) is 0 Å². The fourth-order valence-electron chi connectivity index (χ4n) is 0.0386. The van der Waals surface area contributed by atoms with E-state index in [0.717, 1.165) is 0 Å². The highest BCUT2D eigenvalue weighted by Gasteiger charge is 1.91. The van der Waals surface area contributed by atoms with Gasteiger partial charge in [-0.05, 0) is 0 Å². The summed E-state index contributed by atoms with van der Waals surface area (Å²) in [5.41, 5.74) is 0. The molecular weight excluding hydrogens is 148 g/mol. The van der Waals surface area contributed by atoms with Gasteiger partial charge in [0.25, 0.3) is 0 Å². The van der Waals surface area contributed by atoms with Gasteiger partial charge in [0.2, 0.25) is 0 Å². The van der Waals surface area contributed by atoms with Gasteiger partial charge in [0, 0.05) is 0 Å². The van der Waals surface area contributed by atoms with E-state index in [9.17, 15) is 9.90 Å². The lowest BCUT2D eigenvalue weighted by atomic mass is 10.5. The number of Topliss-reactive ketones (excluding diaryl/α,β-unsaturated/α-hetero) is 1. The zero-order chi connectivity index (χ0) is 4.99. The molecule has 0 aliphatic rings. The van der Waals surface area contributed by atoms with E-state index in [-0.39, 0.29) is 11.1 Å². The number of hydrogen-bond donors (Lipinski definition) is 0. The van der Waals surface area contributed by atoms with Gasteiger partial charge in [0.1, 0.15) is 6.61 Å². The maximum absolute atomic E-state index is 9.82. The number of hydrogen-bond acceptors (Lipinski definition) is 1. The van der Waals surface area contributed by atoms with Crippen LogP contribution >= 0.6 is 15.9 Å². The molecule has 0 aliphatic carbocycles. The van der Waals surface area contributed by atoms with Crippen LogP contribution in [-0.4, -0.2) is 17.7 Å². The molecule has 0 heterocycles. The van der Waals surface area contributed by atoms with Crippen molar-refractivity contribution in [2.24, 2.45) is 0 Å². The van der Waals surface area contributed by atoms with Crippen LogP contribution in [0.4, 0.5) is 0 Å². The summed E-state index contributed by atoms with van der Waals surface area (Å²) in [6.07, 6.45) is 0. The monoisotopic (exact) mass is 151 g/mol. The topological polar surface area (TPSA) is 37.0 Å². The van der Waals surface area contributed by atoms with E-state index in [0.29, 0.717) is 0 Å². The van der Waals surface area contributed by atoms with E-state index in [1.165, 1.54) is 0 Å². The number of halogens is 1.